The molecule has 0 radical (unpaired) electrons. The molecule has 0 fully saturated rings. The summed E-state index contributed by atoms with van der Waals surface area (Å²) in [6, 6.07) is 6.36. The van der Waals surface area contributed by atoms with Crippen LogP contribution in [-0.2, 0) is 0 Å². The van der Waals surface area contributed by atoms with Gasteiger partial charge in [-0.1, -0.05) is 20.8 Å². The third-order valence-electron chi connectivity index (χ3n) is 3.46. The highest BCUT2D eigenvalue weighted by Gasteiger charge is 2.27. The fraction of sp³-hybridized carbons (Fsp3) is 0.625. The number of halogens is 1. The van der Waals surface area contributed by atoms with Gasteiger partial charge in [-0.05, 0) is 43.5 Å². The Hall–Kier alpha value is -1.13. The molecule has 3 nitrogen and oxygen atoms in total. The van der Waals surface area contributed by atoms with Crippen LogP contribution in [-0.4, -0.2) is 29.9 Å². The first kappa shape index (κ1) is 16.9. The van der Waals surface area contributed by atoms with E-state index in [0.717, 1.165) is 19.3 Å². The highest BCUT2D eigenvalue weighted by Crippen LogP contribution is 2.19. The topological polar surface area (TPSA) is 41.5 Å². The Morgan fingerprint density at radius 1 is 1.30 bits per heavy atom. The molecule has 1 rings (SSSR count). The van der Waals surface area contributed by atoms with Crippen molar-refractivity contribution in [3.63, 3.8) is 0 Å². The van der Waals surface area contributed by atoms with Crippen LogP contribution in [0.2, 0.25) is 0 Å². The van der Waals surface area contributed by atoms with E-state index in [-0.39, 0.29) is 18.0 Å². The molecular formula is C16H26FNO2. The van der Waals surface area contributed by atoms with Crippen LogP contribution in [0.25, 0.3) is 0 Å². The smallest absolute Gasteiger partial charge is 0.123 e. The third kappa shape index (κ3) is 5.47. The lowest BCUT2D eigenvalue weighted by atomic mass is 9.90. The van der Waals surface area contributed by atoms with Crippen molar-refractivity contribution in [2.75, 3.05) is 13.2 Å². The molecule has 0 aliphatic carbocycles. The second-order valence-corrected chi connectivity index (χ2v) is 5.50. The lowest BCUT2D eigenvalue weighted by Crippen LogP contribution is -2.51. The monoisotopic (exact) mass is 283 g/mol. The molecule has 0 heterocycles. The van der Waals surface area contributed by atoms with Crippen LogP contribution >= 0.6 is 0 Å². The van der Waals surface area contributed by atoms with Crippen molar-refractivity contribution < 1.29 is 14.2 Å². The minimum Gasteiger partial charge on any atom is -0.494 e. The van der Waals surface area contributed by atoms with E-state index in [1.54, 1.807) is 12.1 Å². The Morgan fingerprint density at radius 2 is 1.95 bits per heavy atom. The molecule has 0 aromatic heterocycles. The molecule has 1 aromatic rings. The number of hydrogen-bond acceptors (Lipinski definition) is 3. The molecule has 0 saturated carbocycles. The van der Waals surface area contributed by atoms with Gasteiger partial charge in [0.2, 0.25) is 0 Å². The van der Waals surface area contributed by atoms with Gasteiger partial charge in [-0.15, -0.1) is 0 Å². The standard InChI is InChI=1S/C16H26FNO2/c1-4-16(12-19,18-13(2)3)10-5-11-20-15-8-6-14(17)7-9-15/h6-9,13,18-19H,4-5,10-12H2,1-3H3. The van der Waals surface area contributed by atoms with Crippen LogP contribution in [0.3, 0.4) is 0 Å². The first-order valence-corrected chi connectivity index (χ1v) is 7.28. The second kappa shape index (κ2) is 8.22. The molecule has 1 aromatic carbocycles. The van der Waals surface area contributed by atoms with Gasteiger partial charge < -0.3 is 15.2 Å². The highest BCUT2D eigenvalue weighted by atomic mass is 19.1. The molecular weight excluding hydrogens is 257 g/mol. The van der Waals surface area contributed by atoms with Crippen molar-refractivity contribution in [3.8, 4) is 5.75 Å². The largest absolute Gasteiger partial charge is 0.494 e. The van der Waals surface area contributed by atoms with Crippen molar-refractivity contribution in [2.45, 2.75) is 51.6 Å². The molecule has 0 saturated heterocycles. The van der Waals surface area contributed by atoms with Crippen molar-refractivity contribution in [3.05, 3.63) is 30.1 Å². The maximum atomic E-state index is 12.8. The van der Waals surface area contributed by atoms with E-state index in [9.17, 15) is 9.50 Å². The van der Waals surface area contributed by atoms with E-state index in [2.05, 4.69) is 26.1 Å². The average molecular weight is 283 g/mol. The zero-order valence-electron chi connectivity index (χ0n) is 12.7. The maximum Gasteiger partial charge on any atom is 0.123 e. The molecule has 1 unspecified atom stereocenters. The zero-order chi connectivity index (χ0) is 15.0. The molecule has 0 aliphatic rings. The highest BCUT2D eigenvalue weighted by molar-refractivity contribution is 5.21. The van der Waals surface area contributed by atoms with Gasteiger partial charge >= 0.3 is 0 Å². The van der Waals surface area contributed by atoms with Crippen LogP contribution < -0.4 is 10.1 Å². The third-order valence-corrected chi connectivity index (χ3v) is 3.46. The normalized spacial score (nSPS) is 14.3. The summed E-state index contributed by atoms with van der Waals surface area (Å²) in [6.07, 6.45) is 2.56. The Kier molecular flexibility index (Phi) is 6.96. The van der Waals surface area contributed by atoms with Crippen molar-refractivity contribution in [1.82, 2.24) is 5.32 Å². The fourth-order valence-electron chi connectivity index (χ4n) is 2.33. The SMILES string of the molecule is CCC(CO)(CCCOc1ccc(F)cc1)NC(C)C. The first-order valence-electron chi connectivity index (χ1n) is 7.28. The molecule has 0 aliphatic heterocycles. The number of benzene rings is 1. The average Bonchev–Trinajstić information content (AvgIpc) is 2.44. The number of hydrogen-bond donors (Lipinski definition) is 2. The number of aliphatic hydroxyl groups excluding tert-OH is 1. The number of aliphatic hydroxyl groups is 1. The first-order chi connectivity index (χ1) is 9.51. The predicted molar refractivity (Wildman–Crippen MR) is 79.5 cm³/mol. The van der Waals surface area contributed by atoms with E-state index in [0.29, 0.717) is 18.4 Å². The van der Waals surface area contributed by atoms with Crippen LogP contribution in [0.5, 0.6) is 5.75 Å². The summed E-state index contributed by atoms with van der Waals surface area (Å²) < 4.78 is 18.3. The second-order valence-electron chi connectivity index (χ2n) is 5.50. The zero-order valence-corrected chi connectivity index (χ0v) is 12.7. The molecule has 114 valence electrons. The summed E-state index contributed by atoms with van der Waals surface area (Å²) in [6.45, 7) is 6.92. The lowest BCUT2D eigenvalue weighted by Gasteiger charge is -2.34. The molecule has 0 spiro atoms. The van der Waals surface area contributed by atoms with Crippen molar-refractivity contribution >= 4 is 0 Å². The molecule has 4 heteroatoms. The summed E-state index contributed by atoms with van der Waals surface area (Å²) in [7, 11) is 0. The molecule has 1 atom stereocenters. The van der Waals surface area contributed by atoms with Crippen molar-refractivity contribution in [1.29, 1.82) is 0 Å². The maximum absolute atomic E-state index is 12.8. The van der Waals surface area contributed by atoms with Crippen LogP contribution in [0, 0.1) is 5.82 Å². The van der Waals surface area contributed by atoms with Crippen LogP contribution in [0.1, 0.15) is 40.0 Å². The van der Waals surface area contributed by atoms with E-state index in [1.165, 1.54) is 12.1 Å². The lowest BCUT2D eigenvalue weighted by molar-refractivity contribution is 0.129. The molecule has 20 heavy (non-hydrogen) atoms. The van der Waals surface area contributed by atoms with Gasteiger partial charge in [0.05, 0.1) is 13.2 Å². The minimum absolute atomic E-state index is 0.123. The van der Waals surface area contributed by atoms with Crippen LogP contribution in [0.15, 0.2) is 24.3 Å². The fourth-order valence-corrected chi connectivity index (χ4v) is 2.33. The van der Waals surface area contributed by atoms with Gasteiger partial charge in [0.25, 0.3) is 0 Å². The summed E-state index contributed by atoms with van der Waals surface area (Å²) in [5.74, 6) is 0.415. The summed E-state index contributed by atoms with van der Waals surface area (Å²) in [5.41, 5.74) is -0.236. The summed E-state index contributed by atoms with van der Waals surface area (Å²) >= 11 is 0. The van der Waals surface area contributed by atoms with E-state index >= 15 is 0 Å². The Balaban J connectivity index is 2.38. The van der Waals surface area contributed by atoms with Gasteiger partial charge in [0, 0.05) is 11.6 Å². The van der Waals surface area contributed by atoms with Gasteiger partial charge in [0.1, 0.15) is 11.6 Å². The summed E-state index contributed by atoms with van der Waals surface area (Å²) in [5, 5.41) is 13.1. The summed E-state index contributed by atoms with van der Waals surface area (Å²) in [4.78, 5) is 0. The Bertz CT molecular complexity index is 375. The Labute approximate surface area is 121 Å². The van der Waals surface area contributed by atoms with Gasteiger partial charge in [-0.3, -0.25) is 0 Å². The Morgan fingerprint density at radius 3 is 2.45 bits per heavy atom. The predicted octanol–water partition coefficient (Wildman–Crippen LogP) is 3.12. The number of nitrogens with one attached hydrogen (secondary N) is 1. The van der Waals surface area contributed by atoms with E-state index in [4.69, 9.17) is 4.74 Å². The molecule has 0 bridgehead atoms. The molecule has 2 N–H and O–H groups in total. The van der Waals surface area contributed by atoms with E-state index < -0.39 is 0 Å². The van der Waals surface area contributed by atoms with Gasteiger partial charge in [-0.2, -0.15) is 0 Å². The minimum atomic E-state index is -0.260. The molecule has 0 amide bonds. The number of rotatable bonds is 9. The quantitative estimate of drug-likeness (QED) is 0.684. The van der Waals surface area contributed by atoms with Gasteiger partial charge in [-0.25, -0.2) is 4.39 Å². The van der Waals surface area contributed by atoms with Gasteiger partial charge in [0.15, 0.2) is 0 Å². The van der Waals surface area contributed by atoms with E-state index in [1.807, 2.05) is 0 Å². The van der Waals surface area contributed by atoms with Crippen molar-refractivity contribution in [2.24, 2.45) is 0 Å². The number of ether oxygens (including phenoxy) is 1. The van der Waals surface area contributed by atoms with Crippen LogP contribution in [0.4, 0.5) is 4.39 Å².